The lowest BCUT2D eigenvalue weighted by Gasteiger charge is -2.31. The fourth-order valence-corrected chi connectivity index (χ4v) is 5.09. The van der Waals surface area contributed by atoms with E-state index < -0.39 is 6.04 Å². The molecule has 1 amide bonds. The van der Waals surface area contributed by atoms with E-state index in [1.54, 1.807) is 19.2 Å². The maximum atomic E-state index is 13.1. The van der Waals surface area contributed by atoms with Crippen LogP contribution in [-0.4, -0.2) is 53.9 Å². The van der Waals surface area contributed by atoms with Crippen molar-refractivity contribution in [3.05, 3.63) is 82.4 Å². The zero-order valence-corrected chi connectivity index (χ0v) is 21.9. The van der Waals surface area contributed by atoms with E-state index in [9.17, 15) is 15.0 Å². The van der Waals surface area contributed by atoms with Crippen LogP contribution in [0.5, 0.6) is 17.2 Å². The topological polar surface area (TPSA) is 118 Å². The second-order valence-corrected chi connectivity index (χ2v) is 9.78. The summed E-state index contributed by atoms with van der Waals surface area (Å²) in [6.45, 7) is 2.36. The lowest BCUT2D eigenvalue weighted by Crippen LogP contribution is -2.47. The molecule has 1 fully saturated rings. The van der Waals surface area contributed by atoms with E-state index in [0.717, 1.165) is 22.5 Å². The van der Waals surface area contributed by atoms with Gasteiger partial charge in [-0.25, -0.2) is 10.9 Å². The fourth-order valence-electron chi connectivity index (χ4n) is 4.96. The molecule has 0 bridgehead atoms. The summed E-state index contributed by atoms with van der Waals surface area (Å²) in [7, 11) is 1.63. The molecule has 2 aliphatic heterocycles. The van der Waals surface area contributed by atoms with Gasteiger partial charge >= 0.3 is 0 Å². The number of nitrogens with one attached hydrogen (secondary N) is 3. The predicted molar refractivity (Wildman–Crippen MR) is 147 cm³/mol. The molecular weight excluding hydrogens is 506 g/mol. The Kier molecular flexibility index (Phi) is 7.42. The van der Waals surface area contributed by atoms with Crippen molar-refractivity contribution in [1.82, 2.24) is 16.2 Å². The first-order chi connectivity index (χ1) is 18.4. The molecule has 3 atom stereocenters. The number of benzene rings is 3. The number of amides is 1. The number of phenolic OH excluding ortho intramolecular Hbond substituents is 2. The molecule has 38 heavy (non-hydrogen) atoms. The number of halogens is 1. The van der Waals surface area contributed by atoms with Crippen molar-refractivity contribution in [1.29, 1.82) is 0 Å². The number of nitrogens with zero attached hydrogens (tertiary/aromatic N) is 2. The maximum absolute atomic E-state index is 13.1. The smallest absolute Gasteiger partial charge is 0.222 e. The normalized spacial score (nSPS) is 20.2. The summed E-state index contributed by atoms with van der Waals surface area (Å²) in [5.74, 6) is 0.197. The zero-order valence-electron chi connectivity index (χ0n) is 21.1. The van der Waals surface area contributed by atoms with E-state index in [1.807, 2.05) is 49.4 Å². The third-order valence-corrected chi connectivity index (χ3v) is 7.13. The van der Waals surface area contributed by atoms with Crippen LogP contribution in [0.25, 0.3) is 0 Å². The van der Waals surface area contributed by atoms with Gasteiger partial charge in [0.05, 0.1) is 31.4 Å². The van der Waals surface area contributed by atoms with Crippen LogP contribution in [0, 0.1) is 0 Å². The first kappa shape index (κ1) is 25.8. The Bertz CT molecular complexity index is 1360. The van der Waals surface area contributed by atoms with Crippen LogP contribution in [0.3, 0.4) is 0 Å². The Balaban J connectivity index is 1.44. The van der Waals surface area contributed by atoms with E-state index in [2.05, 4.69) is 21.1 Å². The van der Waals surface area contributed by atoms with Gasteiger partial charge in [-0.15, -0.1) is 0 Å². The minimum atomic E-state index is -0.425. The van der Waals surface area contributed by atoms with Crippen LogP contribution >= 0.6 is 11.6 Å². The van der Waals surface area contributed by atoms with Crippen LogP contribution < -0.4 is 25.8 Å². The molecule has 0 spiro atoms. The van der Waals surface area contributed by atoms with Crippen molar-refractivity contribution in [2.24, 2.45) is 4.99 Å². The van der Waals surface area contributed by atoms with Gasteiger partial charge in [-0.05, 0) is 55.3 Å². The number of ether oxygens (including phenoxy) is 1. The monoisotopic (exact) mass is 535 g/mol. The number of phenols is 2. The number of aliphatic imine (C=N–C) groups is 1. The predicted octanol–water partition coefficient (Wildman–Crippen LogP) is 3.31. The number of methoxy groups -OCH3 is 1. The molecule has 0 saturated carbocycles. The highest BCUT2D eigenvalue weighted by molar-refractivity contribution is 6.30. The van der Waals surface area contributed by atoms with Gasteiger partial charge in [-0.2, -0.15) is 0 Å². The summed E-state index contributed by atoms with van der Waals surface area (Å²) in [5, 5.41) is 23.3. The molecule has 3 aromatic carbocycles. The van der Waals surface area contributed by atoms with Crippen LogP contribution in [0.15, 0.2) is 65.7 Å². The van der Waals surface area contributed by atoms with Crippen molar-refractivity contribution in [3.8, 4) is 17.2 Å². The number of hydrogen-bond acceptors (Lipinski definition) is 8. The van der Waals surface area contributed by atoms with Gasteiger partial charge in [0.1, 0.15) is 11.9 Å². The number of anilines is 1. The van der Waals surface area contributed by atoms with Gasteiger partial charge in [0, 0.05) is 28.4 Å². The van der Waals surface area contributed by atoms with E-state index in [-0.39, 0.29) is 36.2 Å². The second kappa shape index (κ2) is 10.9. The molecule has 10 heteroatoms. The van der Waals surface area contributed by atoms with Gasteiger partial charge in [0.25, 0.3) is 0 Å². The maximum Gasteiger partial charge on any atom is 0.222 e. The summed E-state index contributed by atoms with van der Waals surface area (Å²) < 4.78 is 5.53. The fraction of sp³-hybridized carbons (Fsp3) is 0.286. The molecule has 0 aromatic heterocycles. The van der Waals surface area contributed by atoms with Crippen LogP contribution in [0.2, 0.25) is 5.02 Å². The number of para-hydroxylation sites is 1. The van der Waals surface area contributed by atoms with E-state index in [4.69, 9.17) is 21.3 Å². The molecule has 2 aliphatic rings. The molecule has 5 N–H and O–H groups in total. The zero-order chi connectivity index (χ0) is 26.8. The number of carbonyl (C=O) groups excluding carboxylic acids is 1. The number of carbonyl (C=O) groups is 1. The lowest BCUT2D eigenvalue weighted by atomic mass is 9.99. The van der Waals surface area contributed by atoms with Gasteiger partial charge in [0.2, 0.25) is 5.91 Å². The third kappa shape index (κ3) is 5.13. The van der Waals surface area contributed by atoms with Gasteiger partial charge in [0.15, 0.2) is 11.5 Å². The molecule has 198 valence electrons. The molecule has 0 aliphatic carbocycles. The Labute approximate surface area is 226 Å². The molecular formula is C28H30ClN5O4. The lowest BCUT2D eigenvalue weighted by molar-refractivity contribution is -0.121. The number of fused-ring (bicyclic) bond motifs is 3. The molecule has 2 heterocycles. The first-order valence-electron chi connectivity index (χ1n) is 12.4. The number of hydrazine groups is 1. The number of aromatic hydroxyl groups is 2. The van der Waals surface area contributed by atoms with Crippen molar-refractivity contribution in [2.45, 2.75) is 38.1 Å². The molecule has 3 aromatic rings. The van der Waals surface area contributed by atoms with E-state index in [0.29, 0.717) is 29.3 Å². The van der Waals surface area contributed by atoms with Crippen LogP contribution in [0.1, 0.15) is 30.0 Å². The molecule has 3 unspecified atom stereocenters. The first-order valence-corrected chi connectivity index (χ1v) is 12.8. The Morgan fingerprint density at radius 2 is 1.92 bits per heavy atom. The van der Waals surface area contributed by atoms with Gasteiger partial charge in [-0.1, -0.05) is 35.9 Å². The standard InChI is InChI=1S/C28H30ClN5O4/c1-16-32-33-28-22(15-25(36)30-13-12-18-4-3-5-24(35)27(18)37)31-26(17-6-8-19(29)9-7-17)21-14-20(38-2)10-11-23(21)34(16)28/h3-11,14,16,22,28,32-33,35,37H,12-13,15H2,1-2H3,(H,30,36). The van der Waals surface area contributed by atoms with Crippen LogP contribution in [-0.2, 0) is 11.2 Å². The highest BCUT2D eigenvalue weighted by Gasteiger charge is 2.40. The van der Waals surface area contributed by atoms with Crippen molar-refractivity contribution < 1.29 is 19.7 Å². The molecule has 9 nitrogen and oxygen atoms in total. The summed E-state index contributed by atoms with van der Waals surface area (Å²) in [5.41, 5.74) is 10.7. The van der Waals surface area contributed by atoms with Gasteiger partial charge < -0.3 is 25.2 Å². The highest BCUT2D eigenvalue weighted by Crippen LogP contribution is 2.36. The minimum Gasteiger partial charge on any atom is -0.504 e. The Morgan fingerprint density at radius 1 is 1.13 bits per heavy atom. The summed E-state index contributed by atoms with van der Waals surface area (Å²) in [6, 6.07) is 17.8. The average Bonchev–Trinajstić information content (AvgIpc) is 3.24. The van der Waals surface area contributed by atoms with Gasteiger partial charge in [-0.3, -0.25) is 9.79 Å². The minimum absolute atomic E-state index is 0.0498. The van der Waals surface area contributed by atoms with Crippen LogP contribution in [0.4, 0.5) is 5.69 Å². The number of hydrogen-bond donors (Lipinski definition) is 5. The van der Waals surface area contributed by atoms with E-state index >= 15 is 0 Å². The average molecular weight is 536 g/mol. The Morgan fingerprint density at radius 3 is 2.68 bits per heavy atom. The summed E-state index contributed by atoms with van der Waals surface area (Å²) >= 11 is 6.17. The third-order valence-electron chi connectivity index (χ3n) is 6.88. The van der Waals surface area contributed by atoms with Crippen molar-refractivity contribution >= 4 is 28.9 Å². The Hall–Kier alpha value is -3.79. The molecule has 0 radical (unpaired) electrons. The summed E-state index contributed by atoms with van der Waals surface area (Å²) in [4.78, 5) is 20.4. The summed E-state index contributed by atoms with van der Waals surface area (Å²) in [6.07, 6.45) is 0.193. The quantitative estimate of drug-likeness (QED) is 0.294. The van der Waals surface area contributed by atoms with E-state index in [1.165, 1.54) is 6.07 Å². The SMILES string of the molecule is COc1ccc2c(c1)C(c1ccc(Cl)cc1)=NC(CC(=O)NCCc1cccc(O)c1O)C1NNC(C)N21. The van der Waals surface area contributed by atoms with Crippen molar-refractivity contribution in [3.63, 3.8) is 0 Å². The molecule has 5 rings (SSSR count). The second-order valence-electron chi connectivity index (χ2n) is 9.34. The molecule has 1 saturated heterocycles. The van der Waals surface area contributed by atoms with Crippen molar-refractivity contribution in [2.75, 3.05) is 18.6 Å². The highest BCUT2D eigenvalue weighted by atomic mass is 35.5. The largest absolute Gasteiger partial charge is 0.504 e. The number of rotatable bonds is 7.